The molecule has 106 valence electrons. The number of aromatic nitrogens is 2. The number of nitrogens with zero attached hydrogens (tertiary/aromatic N) is 3. The standard InChI is InChI=1S/C13H16N4O2S/c1-16(8-11-14-5-6-15-11)12(18)9-17(2)13(19)10-4-3-7-20-10/h3-7H,8-9H2,1-2H3,(H,14,15). The van der Waals surface area contributed by atoms with Crippen molar-refractivity contribution in [1.82, 2.24) is 19.8 Å². The quantitative estimate of drug-likeness (QED) is 0.900. The molecule has 0 atom stereocenters. The molecule has 0 spiro atoms. The van der Waals surface area contributed by atoms with Crippen LogP contribution in [-0.4, -0.2) is 52.2 Å². The van der Waals surface area contributed by atoms with Gasteiger partial charge in [0, 0.05) is 26.5 Å². The van der Waals surface area contributed by atoms with Crippen molar-refractivity contribution in [2.45, 2.75) is 6.54 Å². The second-order valence-electron chi connectivity index (χ2n) is 4.42. The molecule has 0 radical (unpaired) electrons. The van der Waals surface area contributed by atoms with Crippen LogP contribution in [0.25, 0.3) is 0 Å². The van der Waals surface area contributed by atoms with E-state index in [0.717, 1.165) is 0 Å². The van der Waals surface area contributed by atoms with Gasteiger partial charge in [-0.2, -0.15) is 0 Å². The Morgan fingerprint density at radius 3 is 2.75 bits per heavy atom. The maximum absolute atomic E-state index is 12.0. The Kier molecular flexibility index (Phi) is 4.52. The van der Waals surface area contributed by atoms with Crippen molar-refractivity contribution in [2.75, 3.05) is 20.6 Å². The molecule has 7 heteroatoms. The van der Waals surface area contributed by atoms with E-state index in [9.17, 15) is 9.59 Å². The van der Waals surface area contributed by atoms with Gasteiger partial charge in [0.1, 0.15) is 5.82 Å². The van der Waals surface area contributed by atoms with Crippen LogP contribution >= 0.6 is 11.3 Å². The Balaban J connectivity index is 1.88. The molecule has 2 rings (SSSR count). The summed E-state index contributed by atoms with van der Waals surface area (Å²) in [6.07, 6.45) is 3.35. The van der Waals surface area contributed by atoms with Crippen LogP contribution in [-0.2, 0) is 11.3 Å². The zero-order valence-electron chi connectivity index (χ0n) is 11.4. The van der Waals surface area contributed by atoms with E-state index in [1.54, 1.807) is 32.6 Å². The van der Waals surface area contributed by atoms with E-state index in [1.807, 2.05) is 11.4 Å². The smallest absolute Gasteiger partial charge is 0.264 e. The minimum Gasteiger partial charge on any atom is -0.347 e. The number of nitrogens with one attached hydrogen (secondary N) is 1. The average Bonchev–Trinajstić information content (AvgIpc) is 3.10. The van der Waals surface area contributed by atoms with Gasteiger partial charge in [0.2, 0.25) is 5.91 Å². The first kappa shape index (κ1) is 14.3. The normalized spacial score (nSPS) is 10.3. The van der Waals surface area contributed by atoms with Crippen molar-refractivity contribution >= 4 is 23.2 Å². The third-order valence-electron chi connectivity index (χ3n) is 2.82. The third-order valence-corrected chi connectivity index (χ3v) is 3.68. The maximum Gasteiger partial charge on any atom is 0.264 e. The summed E-state index contributed by atoms with van der Waals surface area (Å²) < 4.78 is 0. The summed E-state index contributed by atoms with van der Waals surface area (Å²) in [4.78, 5) is 34.7. The first-order valence-corrected chi connectivity index (χ1v) is 6.97. The number of hydrogen-bond acceptors (Lipinski definition) is 4. The molecule has 0 unspecified atom stereocenters. The van der Waals surface area contributed by atoms with Gasteiger partial charge in [0.15, 0.2) is 0 Å². The second-order valence-corrected chi connectivity index (χ2v) is 5.37. The highest BCUT2D eigenvalue weighted by Crippen LogP contribution is 2.11. The van der Waals surface area contributed by atoms with Crippen LogP contribution in [0.1, 0.15) is 15.5 Å². The summed E-state index contributed by atoms with van der Waals surface area (Å²) in [5.74, 6) is 0.446. The molecule has 0 saturated carbocycles. The fourth-order valence-electron chi connectivity index (χ4n) is 1.68. The van der Waals surface area contributed by atoms with E-state index in [-0.39, 0.29) is 18.4 Å². The fourth-order valence-corrected chi connectivity index (χ4v) is 2.40. The number of hydrogen-bond donors (Lipinski definition) is 1. The van der Waals surface area contributed by atoms with Gasteiger partial charge in [-0.1, -0.05) is 6.07 Å². The highest BCUT2D eigenvalue weighted by Gasteiger charge is 2.18. The van der Waals surface area contributed by atoms with Crippen molar-refractivity contribution in [2.24, 2.45) is 0 Å². The molecule has 1 N–H and O–H groups in total. The Labute approximate surface area is 121 Å². The van der Waals surface area contributed by atoms with Gasteiger partial charge in [-0.25, -0.2) is 4.98 Å². The number of carbonyl (C=O) groups excluding carboxylic acids is 2. The van der Waals surface area contributed by atoms with Gasteiger partial charge in [0.05, 0.1) is 18.0 Å². The molecule has 2 aromatic rings. The van der Waals surface area contributed by atoms with Crippen molar-refractivity contribution in [3.8, 4) is 0 Å². The maximum atomic E-state index is 12.0. The number of thiophene rings is 1. The van der Waals surface area contributed by atoms with Crippen molar-refractivity contribution < 1.29 is 9.59 Å². The van der Waals surface area contributed by atoms with Crippen molar-refractivity contribution in [3.05, 3.63) is 40.6 Å². The highest BCUT2D eigenvalue weighted by molar-refractivity contribution is 7.12. The van der Waals surface area contributed by atoms with Crippen LogP contribution < -0.4 is 0 Å². The Hall–Kier alpha value is -2.15. The van der Waals surface area contributed by atoms with Gasteiger partial charge >= 0.3 is 0 Å². The van der Waals surface area contributed by atoms with Crippen LogP contribution in [0.3, 0.4) is 0 Å². The lowest BCUT2D eigenvalue weighted by Gasteiger charge is -2.21. The summed E-state index contributed by atoms with van der Waals surface area (Å²) >= 11 is 1.37. The minimum absolute atomic E-state index is 0.0495. The number of likely N-dealkylation sites (N-methyl/N-ethyl adjacent to an activating group) is 2. The van der Waals surface area contributed by atoms with Crippen LogP contribution in [0.15, 0.2) is 29.9 Å². The lowest BCUT2D eigenvalue weighted by Crippen LogP contribution is -2.39. The van der Waals surface area contributed by atoms with E-state index in [4.69, 9.17) is 0 Å². The van der Waals surface area contributed by atoms with E-state index < -0.39 is 0 Å². The average molecular weight is 292 g/mol. The van der Waals surface area contributed by atoms with Gasteiger partial charge in [0.25, 0.3) is 5.91 Å². The van der Waals surface area contributed by atoms with E-state index >= 15 is 0 Å². The SMILES string of the molecule is CN(Cc1ncc[nH]1)C(=O)CN(C)C(=O)c1cccs1. The molecule has 0 fully saturated rings. The van der Waals surface area contributed by atoms with Crippen LogP contribution in [0.5, 0.6) is 0 Å². The molecule has 0 aromatic carbocycles. The van der Waals surface area contributed by atoms with Gasteiger partial charge in [-0.3, -0.25) is 9.59 Å². The first-order chi connectivity index (χ1) is 9.58. The fraction of sp³-hybridized carbons (Fsp3) is 0.308. The molecule has 2 amide bonds. The number of H-pyrrole nitrogens is 1. The predicted molar refractivity (Wildman–Crippen MR) is 76.3 cm³/mol. The summed E-state index contributed by atoms with van der Waals surface area (Å²) in [5, 5.41) is 1.84. The zero-order chi connectivity index (χ0) is 14.5. The first-order valence-electron chi connectivity index (χ1n) is 6.09. The van der Waals surface area contributed by atoms with Gasteiger partial charge in [-0.15, -0.1) is 11.3 Å². The molecule has 0 bridgehead atoms. The second kappa shape index (κ2) is 6.33. The van der Waals surface area contributed by atoms with E-state index in [0.29, 0.717) is 17.2 Å². The monoisotopic (exact) mass is 292 g/mol. The largest absolute Gasteiger partial charge is 0.347 e. The lowest BCUT2D eigenvalue weighted by atomic mass is 10.4. The van der Waals surface area contributed by atoms with Gasteiger partial charge in [-0.05, 0) is 11.4 Å². The molecular formula is C13H16N4O2S. The molecular weight excluding hydrogens is 276 g/mol. The molecule has 0 aliphatic carbocycles. The Bertz CT molecular complexity index is 565. The number of imidazole rings is 1. The topological polar surface area (TPSA) is 69.3 Å². The van der Waals surface area contributed by atoms with Crippen LogP contribution in [0.2, 0.25) is 0 Å². The number of amides is 2. The lowest BCUT2D eigenvalue weighted by molar-refractivity contribution is -0.131. The molecule has 0 aliphatic heterocycles. The molecule has 2 aromatic heterocycles. The summed E-state index contributed by atoms with van der Waals surface area (Å²) in [5.41, 5.74) is 0. The minimum atomic E-state index is -0.139. The number of carbonyl (C=O) groups is 2. The summed E-state index contributed by atoms with van der Waals surface area (Å²) in [6.45, 7) is 0.445. The summed E-state index contributed by atoms with van der Waals surface area (Å²) in [6, 6.07) is 3.57. The van der Waals surface area contributed by atoms with Crippen LogP contribution in [0, 0.1) is 0 Å². The summed E-state index contributed by atoms with van der Waals surface area (Å²) in [7, 11) is 3.31. The van der Waals surface area contributed by atoms with Crippen molar-refractivity contribution in [3.63, 3.8) is 0 Å². The van der Waals surface area contributed by atoms with E-state index in [1.165, 1.54) is 21.1 Å². The van der Waals surface area contributed by atoms with E-state index in [2.05, 4.69) is 9.97 Å². The third kappa shape index (κ3) is 3.45. The Morgan fingerprint density at radius 1 is 1.35 bits per heavy atom. The molecule has 0 saturated heterocycles. The predicted octanol–water partition coefficient (Wildman–Crippen LogP) is 1.20. The van der Waals surface area contributed by atoms with Crippen LogP contribution in [0.4, 0.5) is 0 Å². The van der Waals surface area contributed by atoms with Gasteiger partial charge < -0.3 is 14.8 Å². The zero-order valence-corrected chi connectivity index (χ0v) is 12.2. The highest BCUT2D eigenvalue weighted by atomic mass is 32.1. The Morgan fingerprint density at radius 2 is 2.15 bits per heavy atom. The number of rotatable bonds is 5. The molecule has 0 aliphatic rings. The molecule has 2 heterocycles. The number of aromatic amines is 1. The van der Waals surface area contributed by atoms with Crippen molar-refractivity contribution in [1.29, 1.82) is 0 Å². The molecule has 20 heavy (non-hydrogen) atoms. The molecule has 6 nitrogen and oxygen atoms in total.